The van der Waals surface area contributed by atoms with E-state index in [1.807, 2.05) is 62.4 Å². The molecule has 0 unspecified atom stereocenters. The number of nitrogens with zero attached hydrogens (tertiary/aromatic N) is 1. The van der Waals surface area contributed by atoms with Gasteiger partial charge in [0.1, 0.15) is 6.04 Å². The van der Waals surface area contributed by atoms with E-state index in [1.54, 1.807) is 23.6 Å². The van der Waals surface area contributed by atoms with E-state index in [2.05, 4.69) is 21.2 Å². The zero-order valence-corrected chi connectivity index (χ0v) is 21.4. The fraction of sp³-hybridized carbons (Fsp3) is 0.417. The number of hydrogen-bond donors (Lipinski definition) is 1. The highest BCUT2D eigenvalue weighted by Gasteiger charge is 2.25. The normalized spacial score (nSPS) is 11.9. The number of carbonyl (C=O) groups excluding carboxylic acids is 2. The van der Waals surface area contributed by atoms with Crippen LogP contribution >= 0.6 is 39.3 Å². The van der Waals surface area contributed by atoms with Crippen molar-refractivity contribution in [1.29, 1.82) is 0 Å². The van der Waals surface area contributed by atoms with Crippen LogP contribution in [0.4, 0.5) is 0 Å². The maximum Gasteiger partial charge on any atom is 0.242 e. The lowest BCUT2D eigenvalue weighted by Crippen LogP contribution is -2.48. The van der Waals surface area contributed by atoms with Gasteiger partial charge in [-0.25, -0.2) is 0 Å². The summed E-state index contributed by atoms with van der Waals surface area (Å²) >= 11 is 11.1. The van der Waals surface area contributed by atoms with Crippen LogP contribution in [0, 0.1) is 5.92 Å². The molecule has 0 fully saturated rings. The second-order valence-electron chi connectivity index (χ2n) is 7.87. The van der Waals surface area contributed by atoms with Crippen LogP contribution in [0.1, 0.15) is 39.2 Å². The van der Waals surface area contributed by atoms with E-state index in [9.17, 15) is 9.59 Å². The Kier molecular flexibility index (Phi) is 10.9. The molecule has 7 heteroatoms. The van der Waals surface area contributed by atoms with Crippen molar-refractivity contribution in [2.75, 3.05) is 12.3 Å². The van der Waals surface area contributed by atoms with Crippen LogP contribution in [-0.4, -0.2) is 35.1 Å². The molecule has 0 aliphatic heterocycles. The molecule has 0 aromatic heterocycles. The molecule has 0 aliphatic rings. The van der Waals surface area contributed by atoms with Crippen LogP contribution in [0.15, 0.2) is 57.9 Å². The van der Waals surface area contributed by atoms with Crippen LogP contribution in [0.25, 0.3) is 0 Å². The molecule has 0 heterocycles. The van der Waals surface area contributed by atoms with E-state index in [1.165, 1.54) is 0 Å². The minimum absolute atomic E-state index is 0.0103. The van der Waals surface area contributed by atoms with Crippen LogP contribution in [0.5, 0.6) is 0 Å². The molecule has 0 aliphatic carbocycles. The van der Waals surface area contributed by atoms with Crippen molar-refractivity contribution in [1.82, 2.24) is 10.2 Å². The Hall–Kier alpha value is -1.50. The van der Waals surface area contributed by atoms with Crippen molar-refractivity contribution >= 4 is 51.1 Å². The van der Waals surface area contributed by atoms with Crippen LogP contribution in [0.3, 0.4) is 0 Å². The summed E-state index contributed by atoms with van der Waals surface area (Å²) in [5, 5.41) is 3.67. The molecule has 0 spiro atoms. The maximum absolute atomic E-state index is 13.1. The number of carbonyl (C=O) groups is 2. The SMILES string of the molecule is CC(C)CNC(=O)[C@H](C)N(Cc1cccc(Br)c1)C(=O)CCCSc1ccc(Cl)cc1. The summed E-state index contributed by atoms with van der Waals surface area (Å²) in [6.45, 7) is 6.90. The van der Waals surface area contributed by atoms with E-state index in [0.717, 1.165) is 27.1 Å². The standard InChI is InChI=1S/C24H30BrClN2O2S/c1-17(2)15-27-24(30)18(3)28(16-19-6-4-7-20(25)14-19)23(29)8-5-13-31-22-11-9-21(26)10-12-22/h4,6-7,9-12,14,17-18H,5,8,13,15-16H2,1-3H3,(H,27,30)/t18-/m0/s1. The van der Waals surface area contributed by atoms with Gasteiger partial charge in [-0.15, -0.1) is 11.8 Å². The highest BCUT2D eigenvalue weighted by Crippen LogP contribution is 2.22. The summed E-state index contributed by atoms with van der Waals surface area (Å²) in [7, 11) is 0. The summed E-state index contributed by atoms with van der Waals surface area (Å²) in [4.78, 5) is 28.6. The molecule has 4 nitrogen and oxygen atoms in total. The summed E-state index contributed by atoms with van der Waals surface area (Å²) < 4.78 is 0.952. The molecule has 1 N–H and O–H groups in total. The molecule has 0 bridgehead atoms. The fourth-order valence-electron chi connectivity index (χ4n) is 2.95. The molecule has 2 rings (SSSR count). The van der Waals surface area contributed by atoms with E-state index < -0.39 is 6.04 Å². The largest absolute Gasteiger partial charge is 0.354 e. The van der Waals surface area contributed by atoms with Crippen molar-refractivity contribution in [3.05, 3.63) is 63.6 Å². The Balaban J connectivity index is 1.98. The van der Waals surface area contributed by atoms with Crippen molar-refractivity contribution in [3.8, 4) is 0 Å². The summed E-state index contributed by atoms with van der Waals surface area (Å²) in [6.07, 6.45) is 1.14. The predicted molar refractivity (Wildman–Crippen MR) is 133 cm³/mol. The first-order chi connectivity index (χ1) is 14.8. The number of benzene rings is 2. The lowest BCUT2D eigenvalue weighted by Gasteiger charge is -2.29. The van der Waals surface area contributed by atoms with Gasteiger partial charge in [-0.05, 0) is 67.0 Å². The molecule has 0 saturated carbocycles. The molecule has 2 aromatic rings. The molecular formula is C24H30BrClN2O2S. The highest BCUT2D eigenvalue weighted by atomic mass is 79.9. The second-order valence-corrected chi connectivity index (χ2v) is 10.4. The molecule has 168 valence electrons. The van der Waals surface area contributed by atoms with Gasteiger partial charge in [-0.3, -0.25) is 9.59 Å². The van der Waals surface area contributed by atoms with E-state index in [0.29, 0.717) is 30.5 Å². The molecular weight excluding hydrogens is 496 g/mol. The summed E-state index contributed by atoms with van der Waals surface area (Å²) in [5.41, 5.74) is 0.988. The molecule has 0 radical (unpaired) electrons. The first-order valence-electron chi connectivity index (χ1n) is 10.5. The zero-order chi connectivity index (χ0) is 22.8. The average molecular weight is 526 g/mol. The maximum atomic E-state index is 13.1. The number of halogens is 2. The summed E-state index contributed by atoms with van der Waals surface area (Å²) in [6, 6.07) is 15.0. The van der Waals surface area contributed by atoms with Crippen LogP contribution < -0.4 is 5.32 Å². The fourth-order valence-corrected chi connectivity index (χ4v) is 4.38. The van der Waals surface area contributed by atoms with Gasteiger partial charge in [0, 0.05) is 33.9 Å². The van der Waals surface area contributed by atoms with Gasteiger partial charge in [-0.2, -0.15) is 0 Å². The zero-order valence-electron chi connectivity index (χ0n) is 18.2. The van der Waals surface area contributed by atoms with Gasteiger partial charge in [0.05, 0.1) is 0 Å². The van der Waals surface area contributed by atoms with Crippen LogP contribution in [0.2, 0.25) is 5.02 Å². The lowest BCUT2D eigenvalue weighted by atomic mass is 10.1. The van der Waals surface area contributed by atoms with E-state index in [-0.39, 0.29) is 11.8 Å². The molecule has 31 heavy (non-hydrogen) atoms. The van der Waals surface area contributed by atoms with Crippen LogP contribution in [-0.2, 0) is 16.1 Å². The Labute approximate surface area is 203 Å². The van der Waals surface area contributed by atoms with Gasteiger partial charge < -0.3 is 10.2 Å². The number of nitrogens with one attached hydrogen (secondary N) is 1. The smallest absolute Gasteiger partial charge is 0.242 e. The van der Waals surface area contributed by atoms with Gasteiger partial charge >= 0.3 is 0 Å². The monoisotopic (exact) mass is 524 g/mol. The Morgan fingerprint density at radius 2 is 1.84 bits per heavy atom. The quantitative estimate of drug-likeness (QED) is 0.282. The van der Waals surface area contributed by atoms with Crippen molar-refractivity contribution in [2.45, 2.75) is 51.1 Å². The minimum atomic E-state index is -0.533. The minimum Gasteiger partial charge on any atom is -0.354 e. The lowest BCUT2D eigenvalue weighted by molar-refractivity contribution is -0.140. The second kappa shape index (κ2) is 13.1. The molecule has 2 amide bonds. The highest BCUT2D eigenvalue weighted by molar-refractivity contribution is 9.10. The van der Waals surface area contributed by atoms with Gasteiger partial charge in [-0.1, -0.05) is 53.5 Å². The van der Waals surface area contributed by atoms with Gasteiger partial charge in [0.2, 0.25) is 11.8 Å². The van der Waals surface area contributed by atoms with E-state index in [4.69, 9.17) is 11.6 Å². The number of hydrogen-bond acceptors (Lipinski definition) is 3. The van der Waals surface area contributed by atoms with Crippen molar-refractivity contribution in [3.63, 3.8) is 0 Å². The number of rotatable bonds is 11. The Morgan fingerprint density at radius 3 is 2.48 bits per heavy atom. The first kappa shape index (κ1) is 25.8. The number of amides is 2. The van der Waals surface area contributed by atoms with Gasteiger partial charge in [0.15, 0.2) is 0 Å². The topological polar surface area (TPSA) is 49.4 Å². The van der Waals surface area contributed by atoms with Gasteiger partial charge in [0.25, 0.3) is 0 Å². The third kappa shape index (κ3) is 9.26. The predicted octanol–water partition coefficient (Wildman–Crippen LogP) is 6.16. The third-order valence-electron chi connectivity index (χ3n) is 4.71. The molecule has 2 aromatic carbocycles. The van der Waals surface area contributed by atoms with Crippen molar-refractivity contribution in [2.24, 2.45) is 5.92 Å². The Morgan fingerprint density at radius 1 is 1.13 bits per heavy atom. The molecule has 0 saturated heterocycles. The molecule has 1 atom stereocenters. The Bertz CT molecular complexity index is 861. The number of thioether (sulfide) groups is 1. The summed E-state index contributed by atoms with van der Waals surface area (Å²) in [5.74, 6) is 1.05. The third-order valence-corrected chi connectivity index (χ3v) is 6.55. The average Bonchev–Trinajstić information content (AvgIpc) is 2.74. The van der Waals surface area contributed by atoms with Crippen molar-refractivity contribution < 1.29 is 9.59 Å². The van der Waals surface area contributed by atoms with E-state index >= 15 is 0 Å². The first-order valence-corrected chi connectivity index (χ1v) is 12.6.